The number of rotatable bonds is 9. The third-order valence-electron chi connectivity index (χ3n) is 5.57. The van der Waals surface area contributed by atoms with E-state index in [0.717, 1.165) is 11.4 Å². The lowest BCUT2D eigenvalue weighted by atomic mass is 10.0. The van der Waals surface area contributed by atoms with Crippen LogP contribution in [0.15, 0.2) is 29.4 Å². The molecule has 1 amide bonds. The number of amides is 1. The minimum Gasteiger partial charge on any atom is -0.387 e. The van der Waals surface area contributed by atoms with Gasteiger partial charge in [-0.3, -0.25) is 9.79 Å². The molecule has 9 nitrogen and oxygen atoms in total. The lowest BCUT2D eigenvalue weighted by Crippen LogP contribution is -2.42. The third kappa shape index (κ3) is 7.15. The fourth-order valence-electron chi connectivity index (χ4n) is 3.45. The van der Waals surface area contributed by atoms with Crippen molar-refractivity contribution < 1.29 is 23.4 Å². The molecule has 3 heterocycles. The number of alkyl halides is 2. The molecule has 0 aromatic carbocycles. The van der Waals surface area contributed by atoms with Crippen molar-refractivity contribution in [1.82, 2.24) is 15.3 Å². The number of pyridine rings is 2. The van der Waals surface area contributed by atoms with Gasteiger partial charge in [0.2, 0.25) is 0 Å². The average Bonchev–Trinajstić information content (AvgIpc) is 2.80. The normalized spacial score (nSPS) is 19.4. The number of aromatic nitrogens is 2. The predicted octanol–water partition coefficient (Wildman–Crippen LogP) is 3.63. The van der Waals surface area contributed by atoms with Gasteiger partial charge in [-0.1, -0.05) is 0 Å². The van der Waals surface area contributed by atoms with E-state index in [1.165, 1.54) is 20.0 Å². The van der Waals surface area contributed by atoms with Crippen molar-refractivity contribution >= 4 is 35.1 Å². The van der Waals surface area contributed by atoms with Gasteiger partial charge in [-0.2, -0.15) is 0 Å². The summed E-state index contributed by atoms with van der Waals surface area (Å²) in [4.78, 5) is 25.8. The Labute approximate surface area is 203 Å². The van der Waals surface area contributed by atoms with Gasteiger partial charge in [0, 0.05) is 25.1 Å². The molecule has 0 saturated carbocycles. The number of hydrogen-bond donors (Lipinski definition) is 4. The second-order valence-corrected chi connectivity index (χ2v) is 8.89. The smallest absolute Gasteiger partial charge is 0.255 e. The van der Waals surface area contributed by atoms with Crippen molar-refractivity contribution in [2.75, 3.05) is 30.4 Å². The van der Waals surface area contributed by atoms with Crippen molar-refractivity contribution in [1.29, 1.82) is 0 Å². The summed E-state index contributed by atoms with van der Waals surface area (Å²) in [6.07, 6.45) is 0.495. The summed E-state index contributed by atoms with van der Waals surface area (Å²) in [6, 6.07) is 4.58. The summed E-state index contributed by atoms with van der Waals surface area (Å²) in [6.45, 7) is 6.26. The van der Waals surface area contributed by atoms with Gasteiger partial charge in [0.05, 0.1) is 47.4 Å². The van der Waals surface area contributed by atoms with E-state index < -0.39 is 29.9 Å². The number of nitrogens with zero attached hydrogens (tertiary/aromatic N) is 3. The standard InChI is InChI=1S/C24H32F2N6O3/c1-5-27-17-6-7-21(30-14(17)2)32-22-10-19(31-18-8-9-35-13-16(18)25)15(11-28-22)23(33)29-12-20(26)24(3,4)34/h5-7,10-11,16,18,20,34H,8-9,12-13H2,1-4H3,(H,29,33)(H2,28,30,31,32). The number of nitrogens with one attached hydrogen (secondary N) is 3. The minimum atomic E-state index is -1.67. The molecule has 1 aliphatic heterocycles. The number of anilines is 3. The highest BCUT2D eigenvalue weighted by molar-refractivity contribution is 6.00. The van der Waals surface area contributed by atoms with Gasteiger partial charge in [-0.05, 0) is 46.2 Å². The van der Waals surface area contributed by atoms with Crippen LogP contribution in [0.4, 0.5) is 31.8 Å². The predicted molar refractivity (Wildman–Crippen MR) is 132 cm³/mol. The molecule has 3 rings (SSSR count). The van der Waals surface area contributed by atoms with Crippen LogP contribution in [0.2, 0.25) is 0 Å². The monoisotopic (exact) mass is 490 g/mol. The zero-order valence-corrected chi connectivity index (χ0v) is 20.3. The molecule has 0 aliphatic carbocycles. The van der Waals surface area contributed by atoms with E-state index in [9.17, 15) is 18.7 Å². The van der Waals surface area contributed by atoms with Crippen LogP contribution < -0.4 is 16.0 Å². The number of carbonyl (C=O) groups excluding carboxylic acids is 1. The number of aliphatic hydroxyl groups is 1. The van der Waals surface area contributed by atoms with Gasteiger partial charge in [0.25, 0.3) is 5.91 Å². The Bertz CT molecular complexity index is 1060. The fourth-order valence-corrected chi connectivity index (χ4v) is 3.45. The topological polar surface area (TPSA) is 121 Å². The molecule has 0 radical (unpaired) electrons. The molecule has 0 spiro atoms. The molecule has 1 fully saturated rings. The van der Waals surface area contributed by atoms with Crippen molar-refractivity contribution in [3.63, 3.8) is 0 Å². The largest absolute Gasteiger partial charge is 0.387 e. The second-order valence-electron chi connectivity index (χ2n) is 8.89. The van der Waals surface area contributed by atoms with Crippen LogP contribution in [0.5, 0.6) is 0 Å². The summed E-state index contributed by atoms with van der Waals surface area (Å²) in [7, 11) is 0. The Balaban J connectivity index is 1.84. The molecule has 1 saturated heterocycles. The molecular formula is C24H32F2N6O3. The Morgan fingerprint density at radius 3 is 2.83 bits per heavy atom. The quantitative estimate of drug-likeness (QED) is 0.396. The second kappa shape index (κ2) is 11.5. The summed E-state index contributed by atoms with van der Waals surface area (Å²) >= 11 is 0. The van der Waals surface area contributed by atoms with Gasteiger partial charge in [0.15, 0.2) is 0 Å². The van der Waals surface area contributed by atoms with Crippen LogP contribution in [-0.4, -0.2) is 70.9 Å². The van der Waals surface area contributed by atoms with Crippen LogP contribution in [-0.2, 0) is 4.74 Å². The first-order valence-electron chi connectivity index (χ1n) is 11.4. The molecule has 2 aromatic heterocycles. The summed E-state index contributed by atoms with van der Waals surface area (Å²) in [5.41, 5.74) is 0.308. The molecule has 11 heteroatoms. The first-order chi connectivity index (χ1) is 16.6. The molecule has 1 aliphatic rings. The van der Waals surface area contributed by atoms with Crippen molar-refractivity contribution in [3.05, 3.63) is 35.7 Å². The summed E-state index contributed by atoms with van der Waals surface area (Å²) < 4.78 is 33.7. The number of aliphatic imine (C=N–C) groups is 1. The van der Waals surface area contributed by atoms with E-state index in [-0.39, 0.29) is 18.7 Å². The summed E-state index contributed by atoms with van der Waals surface area (Å²) in [5.74, 6) is 0.301. The number of halogens is 2. The Morgan fingerprint density at radius 1 is 1.40 bits per heavy atom. The maximum absolute atomic E-state index is 14.4. The Hall–Kier alpha value is -3.18. The number of carbonyl (C=O) groups is 1. The van der Waals surface area contributed by atoms with Gasteiger partial charge >= 0.3 is 0 Å². The first kappa shape index (κ1) is 26.4. The lowest BCUT2D eigenvalue weighted by Gasteiger charge is -2.28. The maximum atomic E-state index is 14.4. The number of aryl methyl sites for hydroxylation is 1. The molecule has 3 unspecified atom stereocenters. The Kier molecular flexibility index (Phi) is 8.68. The SMILES string of the molecule is CC=Nc1ccc(Nc2cc(NC3CCOCC3F)c(C(=O)NCC(F)C(C)(C)O)cn2)nc1C. The van der Waals surface area contributed by atoms with Crippen molar-refractivity contribution in [3.8, 4) is 0 Å². The van der Waals surface area contributed by atoms with E-state index in [1.54, 1.807) is 18.3 Å². The maximum Gasteiger partial charge on any atom is 0.255 e. The lowest BCUT2D eigenvalue weighted by molar-refractivity contribution is -0.00177. The highest BCUT2D eigenvalue weighted by Crippen LogP contribution is 2.26. The van der Waals surface area contributed by atoms with Crippen LogP contribution >= 0.6 is 0 Å². The molecule has 35 heavy (non-hydrogen) atoms. The molecule has 3 atom stereocenters. The van der Waals surface area contributed by atoms with Gasteiger partial charge in [-0.25, -0.2) is 18.7 Å². The Morgan fingerprint density at radius 2 is 2.17 bits per heavy atom. The van der Waals surface area contributed by atoms with E-state index in [2.05, 4.69) is 30.9 Å². The summed E-state index contributed by atoms with van der Waals surface area (Å²) in [5, 5.41) is 18.4. The zero-order chi connectivity index (χ0) is 25.6. The van der Waals surface area contributed by atoms with Gasteiger partial charge in [-0.15, -0.1) is 0 Å². The van der Waals surface area contributed by atoms with Crippen molar-refractivity contribution in [2.45, 2.75) is 58.1 Å². The average molecular weight is 491 g/mol. The first-order valence-corrected chi connectivity index (χ1v) is 11.4. The zero-order valence-electron chi connectivity index (χ0n) is 20.3. The van der Waals surface area contributed by atoms with Crippen LogP contribution in [0.25, 0.3) is 0 Å². The molecule has 2 aromatic rings. The molecule has 4 N–H and O–H groups in total. The van der Waals surface area contributed by atoms with Crippen LogP contribution in [0.1, 0.15) is 43.2 Å². The highest BCUT2D eigenvalue weighted by atomic mass is 19.1. The van der Waals surface area contributed by atoms with Crippen LogP contribution in [0.3, 0.4) is 0 Å². The highest BCUT2D eigenvalue weighted by Gasteiger charge is 2.29. The number of ether oxygens (including phenoxy) is 1. The van der Waals surface area contributed by atoms with E-state index in [4.69, 9.17) is 4.74 Å². The molecule has 190 valence electrons. The molecule has 0 bridgehead atoms. The van der Waals surface area contributed by atoms with Gasteiger partial charge < -0.3 is 25.8 Å². The number of hydrogen-bond acceptors (Lipinski definition) is 8. The van der Waals surface area contributed by atoms with E-state index >= 15 is 0 Å². The fraction of sp³-hybridized carbons (Fsp3) is 0.500. The third-order valence-corrected chi connectivity index (χ3v) is 5.57. The van der Waals surface area contributed by atoms with Crippen LogP contribution in [0, 0.1) is 6.92 Å². The van der Waals surface area contributed by atoms with E-state index in [0.29, 0.717) is 30.4 Å². The van der Waals surface area contributed by atoms with Crippen molar-refractivity contribution in [2.24, 2.45) is 4.99 Å². The van der Waals surface area contributed by atoms with E-state index in [1.807, 2.05) is 19.9 Å². The van der Waals surface area contributed by atoms with Gasteiger partial charge in [0.1, 0.15) is 24.0 Å². The molecular weight excluding hydrogens is 458 g/mol. The minimum absolute atomic E-state index is 0.0414.